The van der Waals surface area contributed by atoms with Gasteiger partial charge < -0.3 is 40.1 Å². The fraction of sp³-hybridized carbons (Fsp3) is 0.600. The van der Waals surface area contributed by atoms with Gasteiger partial charge in [-0.25, -0.2) is 0 Å². The van der Waals surface area contributed by atoms with Crippen LogP contribution in [-0.4, -0.2) is 86.1 Å². The minimum absolute atomic E-state index is 0.0566. The number of allylic oxidation sites excluding steroid dienone is 4. The lowest BCUT2D eigenvalue weighted by atomic mass is 9.68. The van der Waals surface area contributed by atoms with Crippen LogP contribution in [0.25, 0.3) is 0 Å². The zero-order chi connectivity index (χ0) is 28.6. The first-order valence-electron chi connectivity index (χ1n) is 14.2. The van der Waals surface area contributed by atoms with Crippen molar-refractivity contribution in [1.29, 1.82) is 0 Å². The number of aliphatic hydroxyl groups excluding tert-OH is 6. The summed E-state index contributed by atoms with van der Waals surface area (Å²) in [6, 6.07) is 4.47. The molecule has 6 N–H and O–H groups in total. The summed E-state index contributed by atoms with van der Waals surface area (Å²) in [7, 11) is 0. The monoisotopic (exact) mass is 558 g/mol. The highest BCUT2D eigenvalue weighted by Gasteiger charge is 2.48. The third-order valence-electron chi connectivity index (χ3n) is 8.92. The molecule has 1 heterocycles. The number of aliphatic hydroxyl groups is 6. The maximum atomic E-state index is 13.7. The van der Waals surface area contributed by atoms with E-state index in [1.807, 2.05) is 0 Å². The molecule has 0 unspecified atom stereocenters. The van der Waals surface area contributed by atoms with Crippen molar-refractivity contribution in [3.05, 3.63) is 52.8 Å². The number of hydrogen-bond donors (Lipinski definition) is 6. The Labute approximate surface area is 232 Å². The molecule has 0 bridgehead atoms. The summed E-state index contributed by atoms with van der Waals surface area (Å²) in [5.74, 6) is -2.22. The van der Waals surface area contributed by atoms with Gasteiger partial charge in [0.1, 0.15) is 35.9 Å². The van der Waals surface area contributed by atoms with Gasteiger partial charge in [-0.05, 0) is 55.2 Å². The Balaban J connectivity index is 1.40. The number of ketones is 2. The first-order valence-corrected chi connectivity index (χ1v) is 14.2. The zero-order valence-electron chi connectivity index (χ0n) is 22.3. The van der Waals surface area contributed by atoms with Crippen LogP contribution in [0.5, 0.6) is 5.75 Å². The maximum Gasteiger partial charge on any atom is 0.229 e. The summed E-state index contributed by atoms with van der Waals surface area (Å²) >= 11 is 0. The van der Waals surface area contributed by atoms with Crippen LogP contribution in [0.3, 0.4) is 0 Å². The van der Waals surface area contributed by atoms with Gasteiger partial charge in [0.2, 0.25) is 6.29 Å². The van der Waals surface area contributed by atoms with Crippen LogP contribution in [0.15, 0.2) is 41.7 Å². The molecule has 5 rings (SSSR count). The van der Waals surface area contributed by atoms with Crippen LogP contribution in [0.2, 0.25) is 0 Å². The summed E-state index contributed by atoms with van der Waals surface area (Å²) in [5, 5.41) is 60.4. The second kappa shape index (κ2) is 12.1. The SMILES string of the molecule is O=C1c2c(O[C@H]3O[C@H](CO)[C@@H](O)[C@H](O)[C@H]3O)cccc2C(=O)[C@H]2C=C(C[C@@H]3CCCC[C@@H]3CCCO)C=C(O)[C@H]12. The van der Waals surface area contributed by atoms with Crippen LogP contribution in [0, 0.1) is 23.7 Å². The van der Waals surface area contributed by atoms with Gasteiger partial charge in [-0.3, -0.25) is 9.59 Å². The quantitative estimate of drug-likeness (QED) is 0.276. The maximum absolute atomic E-state index is 13.7. The number of carbonyl (C=O) groups excluding carboxylic acids is 2. The normalized spacial score (nSPS) is 35.9. The van der Waals surface area contributed by atoms with Crippen LogP contribution < -0.4 is 4.74 Å². The average molecular weight is 559 g/mol. The van der Waals surface area contributed by atoms with Gasteiger partial charge in [-0.15, -0.1) is 0 Å². The number of rotatable bonds is 8. The number of hydrogen-bond acceptors (Lipinski definition) is 10. The summed E-state index contributed by atoms with van der Waals surface area (Å²) in [5.41, 5.74) is 0.897. The van der Waals surface area contributed by atoms with E-state index >= 15 is 0 Å². The Hall–Kier alpha value is -2.60. The molecule has 2 fully saturated rings. The van der Waals surface area contributed by atoms with E-state index in [0.29, 0.717) is 18.3 Å². The molecule has 1 aromatic rings. The summed E-state index contributed by atoms with van der Waals surface area (Å²) in [6.45, 7) is -0.482. The number of Topliss-reactive ketones (excluding diaryl/α,β-unsaturated/α-hetero) is 2. The van der Waals surface area contributed by atoms with Crippen molar-refractivity contribution in [1.82, 2.24) is 0 Å². The number of carbonyl (C=O) groups is 2. The fourth-order valence-corrected chi connectivity index (χ4v) is 6.79. The molecule has 3 aliphatic carbocycles. The van der Waals surface area contributed by atoms with Crippen LogP contribution in [-0.2, 0) is 4.74 Å². The number of ether oxygens (including phenoxy) is 2. The van der Waals surface area contributed by atoms with Gasteiger partial charge in [0.05, 0.1) is 24.0 Å². The Morgan fingerprint density at radius 2 is 1.70 bits per heavy atom. The molecule has 0 radical (unpaired) electrons. The van der Waals surface area contributed by atoms with E-state index in [4.69, 9.17) is 9.47 Å². The smallest absolute Gasteiger partial charge is 0.229 e. The Morgan fingerprint density at radius 1 is 0.950 bits per heavy atom. The molecular weight excluding hydrogens is 520 g/mol. The minimum Gasteiger partial charge on any atom is -0.511 e. The van der Waals surface area contributed by atoms with Gasteiger partial charge in [0.25, 0.3) is 0 Å². The highest BCUT2D eigenvalue weighted by atomic mass is 16.7. The van der Waals surface area contributed by atoms with E-state index < -0.39 is 54.9 Å². The standard InChI is InChI=1S/C30H38O10/c31-10-4-7-16-5-1-2-6-17(16)11-15-12-19-23(20(33)13-15)27(36)24-18(25(19)34)8-3-9-21(24)39-30-29(38)28(37)26(35)22(14-32)40-30/h3,8-9,12-13,16-17,19,22-23,26,28-33,35,37-38H,1-2,4-7,10-11,14H2/t16-,17+,19+,22-,23-,26-,28+,29-,30+/m1/s1. The second-order valence-electron chi connectivity index (χ2n) is 11.4. The molecule has 10 heteroatoms. The third kappa shape index (κ3) is 5.36. The Bertz CT molecular complexity index is 1170. The summed E-state index contributed by atoms with van der Waals surface area (Å²) < 4.78 is 11.2. The molecule has 218 valence electrons. The van der Waals surface area contributed by atoms with Gasteiger partial charge in [0.15, 0.2) is 11.6 Å². The molecule has 0 spiro atoms. The summed E-state index contributed by atoms with van der Waals surface area (Å²) in [4.78, 5) is 27.4. The van der Waals surface area contributed by atoms with E-state index in [0.717, 1.165) is 44.1 Å². The Kier molecular flexibility index (Phi) is 8.75. The van der Waals surface area contributed by atoms with E-state index in [1.54, 1.807) is 12.2 Å². The number of benzene rings is 1. The third-order valence-corrected chi connectivity index (χ3v) is 8.92. The van der Waals surface area contributed by atoms with Crippen LogP contribution >= 0.6 is 0 Å². The fourth-order valence-electron chi connectivity index (χ4n) is 6.79. The molecule has 1 aromatic carbocycles. The van der Waals surface area contributed by atoms with Gasteiger partial charge in [-0.1, -0.05) is 37.5 Å². The van der Waals surface area contributed by atoms with E-state index in [-0.39, 0.29) is 35.0 Å². The van der Waals surface area contributed by atoms with Crippen molar-refractivity contribution in [3.8, 4) is 5.75 Å². The molecule has 1 aliphatic heterocycles. The van der Waals surface area contributed by atoms with E-state index in [1.165, 1.54) is 18.2 Å². The number of fused-ring (bicyclic) bond motifs is 2. The van der Waals surface area contributed by atoms with Crippen molar-refractivity contribution in [2.24, 2.45) is 23.7 Å². The van der Waals surface area contributed by atoms with Gasteiger partial charge >= 0.3 is 0 Å². The van der Waals surface area contributed by atoms with Crippen LogP contribution in [0.4, 0.5) is 0 Å². The van der Waals surface area contributed by atoms with Crippen molar-refractivity contribution in [2.45, 2.75) is 75.7 Å². The van der Waals surface area contributed by atoms with E-state index in [2.05, 4.69) is 0 Å². The molecule has 0 aromatic heterocycles. The molecule has 1 saturated carbocycles. The molecular formula is C30H38O10. The van der Waals surface area contributed by atoms with Crippen molar-refractivity contribution >= 4 is 11.6 Å². The lowest BCUT2D eigenvalue weighted by molar-refractivity contribution is -0.277. The van der Waals surface area contributed by atoms with Crippen molar-refractivity contribution in [2.75, 3.05) is 13.2 Å². The Morgan fingerprint density at radius 3 is 2.42 bits per heavy atom. The predicted molar refractivity (Wildman–Crippen MR) is 142 cm³/mol. The molecule has 0 amide bonds. The molecule has 1 saturated heterocycles. The van der Waals surface area contributed by atoms with Crippen molar-refractivity contribution < 1.29 is 49.7 Å². The topological polar surface area (TPSA) is 174 Å². The zero-order valence-corrected chi connectivity index (χ0v) is 22.3. The predicted octanol–water partition coefficient (Wildman–Crippen LogP) is 1.83. The average Bonchev–Trinajstić information content (AvgIpc) is 2.95. The molecule has 4 aliphatic rings. The lowest BCUT2D eigenvalue weighted by Gasteiger charge is -2.40. The minimum atomic E-state index is -1.69. The highest BCUT2D eigenvalue weighted by Crippen LogP contribution is 2.44. The molecule has 40 heavy (non-hydrogen) atoms. The molecule has 9 atom stereocenters. The van der Waals surface area contributed by atoms with Gasteiger partial charge in [-0.2, -0.15) is 0 Å². The largest absolute Gasteiger partial charge is 0.511 e. The first kappa shape index (κ1) is 28.9. The van der Waals surface area contributed by atoms with Crippen LogP contribution in [0.1, 0.15) is 65.7 Å². The highest BCUT2D eigenvalue weighted by molar-refractivity contribution is 6.19. The second-order valence-corrected chi connectivity index (χ2v) is 11.4. The van der Waals surface area contributed by atoms with Crippen molar-refractivity contribution in [3.63, 3.8) is 0 Å². The summed E-state index contributed by atoms with van der Waals surface area (Å²) in [6.07, 6.45) is 2.55. The van der Waals surface area contributed by atoms with E-state index in [9.17, 15) is 40.2 Å². The first-order chi connectivity index (χ1) is 19.2. The van der Waals surface area contributed by atoms with Gasteiger partial charge in [0, 0.05) is 12.2 Å². The molecule has 10 nitrogen and oxygen atoms in total. The lowest BCUT2D eigenvalue weighted by Crippen LogP contribution is -2.60.